The van der Waals surface area contributed by atoms with Crippen LogP contribution in [0.1, 0.15) is 11.3 Å². The van der Waals surface area contributed by atoms with E-state index in [2.05, 4.69) is 20.3 Å². The molecule has 11 heteroatoms. The smallest absolute Gasteiger partial charge is 0.416 e. The van der Waals surface area contributed by atoms with E-state index in [1.165, 1.54) is 37.4 Å². The molecule has 0 aliphatic carbocycles. The van der Waals surface area contributed by atoms with Crippen molar-refractivity contribution in [2.45, 2.75) is 13.1 Å². The fraction of sp³-hybridized carbons (Fsp3) is 0.100. The number of halogens is 3. The standard InChI is InChI=1S/C20H13F3N4O4/c1-9-7-13(28)14(18(30)31-9)12-5-6-24-16-15(12)17(29)27-19(26-16)25-11-4-2-3-10(8-11)20(21,22)23/h2-8,28H,1H3,(H2,24,25,26,27,29). The minimum Gasteiger partial charge on any atom is -0.507 e. The van der Waals surface area contributed by atoms with Gasteiger partial charge < -0.3 is 14.8 Å². The van der Waals surface area contributed by atoms with Crippen LogP contribution >= 0.6 is 0 Å². The van der Waals surface area contributed by atoms with Crippen LogP contribution in [0.3, 0.4) is 0 Å². The van der Waals surface area contributed by atoms with Gasteiger partial charge in [0.25, 0.3) is 5.56 Å². The number of rotatable bonds is 3. The molecule has 0 unspecified atom stereocenters. The Hall–Kier alpha value is -4.15. The van der Waals surface area contributed by atoms with E-state index in [1.54, 1.807) is 0 Å². The monoisotopic (exact) mass is 430 g/mol. The Morgan fingerprint density at radius 1 is 1.16 bits per heavy atom. The van der Waals surface area contributed by atoms with E-state index in [9.17, 15) is 27.9 Å². The quantitative estimate of drug-likeness (QED) is 0.453. The Bertz CT molecular complexity index is 1430. The number of nitrogens with one attached hydrogen (secondary N) is 2. The molecule has 0 atom stereocenters. The van der Waals surface area contributed by atoms with Gasteiger partial charge in [-0.25, -0.2) is 9.78 Å². The molecule has 1 aromatic carbocycles. The summed E-state index contributed by atoms with van der Waals surface area (Å²) in [7, 11) is 0. The van der Waals surface area contributed by atoms with E-state index < -0.39 is 22.9 Å². The van der Waals surface area contributed by atoms with Crippen LogP contribution < -0.4 is 16.5 Å². The first-order chi connectivity index (χ1) is 14.6. The first kappa shape index (κ1) is 20.1. The van der Waals surface area contributed by atoms with Gasteiger partial charge in [0.15, 0.2) is 5.65 Å². The molecule has 0 aliphatic heterocycles. The normalized spacial score (nSPS) is 11.6. The third-order valence-electron chi connectivity index (χ3n) is 4.38. The van der Waals surface area contributed by atoms with E-state index in [0.29, 0.717) is 0 Å². The maximum atomic E-state index is 12.9. The second kappa shape index (κ2) is 7.27. The average molecular weight is 430 g/mol. The number of hydrogen-bond acceptors (Lipinski definition) is 7. The highest BCUT2D eigenvalue weighted by Gasteiger charge is 2.30. The summed E-state index contributed by atoms with van der Waals surface area (Å²) in [6.45, 7) is 1.48. The lowest BCUT2D eigenvalue weighted by atomic mass is 10.0. The zero-order valence-corrected chi connectivity index (χ0v) is 15.7. The van der Waals surface area contributed by atoms with Crippen molar-refractivity contribution in [3.05, 3.63) is 74.7 Å². The SMILES string of the molecule is Cc1cc(O)c(-c2ccnc3nc(Nc4cccc(C(F)(F)F)c4)[nH]c(=O)c23)c(=O)o1. The molecular weight excluding hydrogens is 417 g/mol. The van der Waals surface area contributed by atoms with Crippen LogP contribution in [-0.4, -0.2) is 20.1 Å². The second-order valence-electron chi connectivity index (χ2n) is 6.58. The zero-order chi connectivity index (χ0) is 22.3. The molecule has 3 aromatic heterocycles. The van der Waals surface area contributed by atoms with Gasteiger partial charge in [0, 0.05) is 23.5 Å². The molecule has 0 bridgehead atoms. The van der Waals surface area contributed by atoms with Crippen molar-refractivity contribution in [3.8, 4) is 16.9 Å². The lowest BCUT2D eigenvalue weighted by Crippen LogP contribution is -2.15. The molecule has 4 aromatic rings. The summed E-state index contributed by atoms with van der Waals surface area (Å²) in [5, 5.41) is 12.7. The summed E-state index contributed by atoms with van der Waals surface area (Å²) in [5.41, 5.74) is -2.67. The van der Waals surface area contributed by atoms with Gasteiger partial charge in [0.1, 0.15) is 17.1 Å². The number of fused-ring (bicyclic) bond motifs is 1. The number of alkyl halides is 3. The first-order valence-corrected chi connectivity index (χ1v) is 8.81. The summed E-state index contributed by atoms with van der Waals surface area (Å²) in [4.78, 5) is 35.5. The molecule has 0 fully saturated rings. The maximum absolute atomic E-state index is 12.9. The van der Waals surface area contributed by atoms with Crippen LogP contribution in [0.5, 0.6) is 5.75 Å². The van der Waals surface area contributed by atoms with Crippen molar-refractivity contribution in [1.82, 2.24) is 15.0 Å². The molecular formula is C20H13F3N4O4. The summed E-state index contributed by atoms with van der Waals surface area (Å²) in [5.74, 6) is -0.349. The number of H-pyrrole nitrogens is 1. The highest BCUT2D eigenvalue weighted by molar-refractivity contribution is 5.93. The molecule has 31 heavy (non-hydrogen) atoms. The third-order valence-corrected chi connectivity index (χ3v) is 4.38. The van der Waals surface area contributed by atoms with Gasteiger partial charge >= 0.3 is 11.8 Å². The number of anilines is 2. The summed E-state index contributed by atoms with van der Waals surface area (Å²) in [6.07, 6.45) is -3.26. The van der Waals surface area contributed by atoms with Gasteiger partial charge in [-0.1, -0.05) is 6.07 Å². The van der Waals surface area contributed by atoms with Crippen molar-refractivity contribution in [1.29, 1.82) is 0 Å². The lowest BCUT2D eigenvalue weighted by Gasteiger charge is -2.11. The van der Waals surface area contributed by atoms with Gasteiger partial charge in [-0.15, -0.1) is 0 Å². The minimum atomic E-state index is -4.53. The molecule has 8 nitrogen and oxygen atoms in total. The molecule has 3 N–H and O–H groups in total. The molecule has 0 radical (unpaired) electrons. The number of aryl methyl sites for hydroxylation is 1. The third kappa shape index (κ3) is 3.84. The van der Waals surface area contributed by atoms with E-state index >= 15 is 0 Å². The molecule has 4 rings (SSSR count). The van der Waals surface area contributed by atoms with E-state index in [1.807, 2.05) is 0 Å². The molecule has 0 aliphatic rings. The van der Waals surface area contributed by atoms with Gasteiger partial charge in [0.05, 0.1) is 10.9 Å². The summed E-state index contributed by atoms with van der Waals surface area (Å²) < 4.78 is 43.7. The Labute approximate surface area is 171 Å². The van der Waals surface area contributed by atoms with Crippen LogP contribution in [0.15, 0.2) is 56.6 Å². The number of aromatic hydroxyl groups is 1. The van der Waals surface area contributed by atoms with Crippen molar-refractivity contribution in [2.75, 3.05) is 5.32 Å². The van der Waals surface area contributed by atoms with Crippen molar-refractivity contribution >= 4 is 22.7 Å². The van der Waals surface area contributed by atoms with Crippen LogP contribution in [0.2, 0.25) is 0 Å². The second-order valence-corrected chi connectivity index (χ2v) is 6.58. The Morgan fingerprint density at radius 3 is 2.65 bits per heavy atom. The molecule has 158 valence electrons. The fourth-order valence-corrected chi connectivity index (χ4v) is 3.08. The highest BCUT2D eigenvalue weighted by atomic mass is 19.4. The van der Waals surface area contributed by atoms with Gasteiger partial charge in [0.2, 0.25) is 5.95 Å². The van der Waals surface area contributed by atoms with E-state index in [-0.39, 0.29) is 45.3 Å². The Morgan fingerprint density at radius 2 is 1.94 bits per heavy atom. The Balaban J connectivity index is 1.82. The average Bonchev–Trinajstić information content (AvgIpc) is 2.66. The number of hydrogen-bond donors (Lipinski definition) is 3. The summed E-state index contributed by atoms with van der Waals surface area (Å²) in [6, 6.07) is 6.94. The van der Waals surface area contributed by atoms with E-state index in [0.717, 1.165) is 12.1 Å². The molecule has 0 saturated heterocycles. The van der Waals surface area contributed by atoms with Gasteiger partial charge in [-0.3, -0.25) is 9.78 Å². The maximum Gasteiger partial charge on any atom is 0.416 e. The lowest BCUT2D eigenvalue weighted by molar-refractivity contribution is -0.137. The van der Waals surface area contributed by atoms with Crippen LogP contribution in [0.25, 0.3) is 22.2 Å². The van der Waals surface area contributed by atoms with Crippen molar-refractivity contribution < 1.29 is 22.7 Å². The number of benzene rings is 1. The molecule has 0 spiro atoms. The van der Waals surface area contributed by atoms with E-state index in [4.69, 9.17) is 4.42 Å². The number of nitrogens with zero attached hydrogens (tertiary/aromatic N) is 2. The predicted molar refractivity (Wildman–Crippen MR) is 105 cm³/mol. The largest absolute Gasteiger partial charge is 0.507 e. The van der Waals surface area contributed by atoms with Crippen molar-refractivity contribution in [2.24, 2.45) is 0 Å². The predicted octanol–water partition coefficient (Wildman–Crippen LogP) is 3.71. The zero-order valence-electron chi connectivity index (χ0n) is 15.7. The number of pyridine rings is 1. The minimum absolute atomic E-state index is 0.0466. The van der Waals surface area contributed by atoms with Gasteiger partial charge in [-0.2, -0.15) is 18.2 Å². The topological polar surface area (TPSA) is 121 Å². The Kier molecular flexibility index (Phi) is 4.72. The van der Waals surface area contributed by atoms with Crippen LogP contribution in [0, 0.1) is 6.92 Å². The van der Waals surface area contributed by atoms with Crippen LogP contribution in [0.4, 0.5) is 24.8 Å². The molecule has 0 saturated carbocycles. The van der Waals surface area contributed by atoms with Gasteiger partial charge in [-0.05, 0) is 31.2 Å². The summed E-state index contributed by atoms with van der Waals surface area (Å²) >= 11 is 0. The molecule has 0 amide bonds. The first-order valence-electron chi connectivity index (χ1n) is 8.81. The van der Waals surface area contributed by atoms with Crippen LogP contribution in [-0.2, 0) is 6.18 Å². The fourth-order valence-electron chi connectivity index (χ4n) is 3.08. The number of aromatic amines is 1. The number of aromatic nitrogens is 3. The highest BCUT2D eigenvalue weighted by Crippen LogP contribution is 2.32. The molecule has 3 heterocycles. The van der Waals surface area contributed by atoms with Crippen molar-refractivity contribution in [3.63, 3.8) is 0 Å².